The molecule has 0 amide bonds. The highest BCUT2D eigenvalue weighted by atomic mass is 32.1. The lowest BCUT2D eigenvalue weighted by Crippen LogP contribution is -2.15. The van der Waals surface area contributed by atoms with Crippen LogP contribution in [0.15, 0.2) is 18.2 Å². The number of aromatic nitrogens is 1. The molecule has 0 saturated carbocycles. The molecule has 1 aromatic carbocycles. The number of fused-ring (bicyclic) bond motifs is 1. The van der Waals surface area contributed by atoms with E-state index >= 15 is 0 Å². The lowest BCUT2D eigenvalue weighted by atomic mass is 10.3. The second-order valence-electron chi connectivity index (χ2n) is 3.74. The Morgan fingerprint density at radius 3 is 3.06 bits per heavy atom. The Kier molecular flexibility index (Phi) is 3.41. The summed E-state index contributed by atoms with van der Waals surface area (Å²) in [6.45, 7) is 4.26. The quantitative estimate of drug-likeness (QED) is 0.889. The number of ether oxygens (including phenoxy) is 1. The third kappa shape index (κ3) is 2.51. The van der Waals surface area contributed by atoms with E-state index in [0.29, 0.717) is 13.0 Å². The molecule has 4 heteroatoms. The fourth-order valence-corrected chi connectivity index (χ4v) is 2.23. The monoisotopic (exact) mass is 237 g/mol. The second-order valence-corrected chi connectivity index (χ2v) is 4.97. The third-order valence-electron chi connectivity index (χ3n) is 2.38. The Morgan fingerprint density at radius 1 is 1.50 bits per heavy atom. The van der Waals surface area contributed by atoms with Crippen LogP contribution in [0.3, 0.4) is 0 Å². The van der Waals surface area contributed by atoms with Crippen LogP contribution in [-0.2, 0) is 0 Å². The predicted octanol–water partition coefficient (Wildman–Crippen LogP) is 2.75. The minimum Gasteiger partial charge on any atom is -0.491 e. The molecular weight excluding hydrogens is 222 g/mol. The van der Waals surface area contributed by atoms with Crippen molar-refractivity contribution in [3.8, 4) is 5.75 Å². The Hall–Kier alpha value is -1.13. The van der Waals surface area contributed by atoms with Crippen molar-refractivity contribution in [2.24, 2.45) is 0 Å². The van der Waals surface area contributed by atoms with Crippen LogP contribution in [0.1, 0.15) is 18.4 Å². The Morgan fingerprint density at radius 2 is 2.31 bits per heavy atom. The molecule has 0 fully saturated rings. The zero-order valence-corrected chi connectivity index (χ0v) is 10.3. The van der Waals surface area contributed by atoms with Gasteiger partial charge in [-0.05, 0) is 25.5 Å². The van der Waals surface area contributed by atoms with E-state index in [2.05, 4.69) is 4.98 Å². The number of nitrogens with zero attached hydrogens (tertiary/aromatic N) is 1. The maximum atomic E-state index is 9.40. The van der Waals surface area contributed by atoms with Gasteiger partial charge in [0.25, 0.3) is 0 Å². The SMILES string of the molecule is CC[C@@H](O)COc1ccc2sc(C)nc2c1. The average molecular weight is 237 g/mol. The van der Waals surface area contributed by atoms with Gasteiger partial charge in [-0.25, -0.2) is 4.98 Å². The first kappa shape index (κ1) is 11.4. The summed E-state index contributed by atoms with van der Waals surface area (Å²) in [5.74, 6) is 0.769. The van der Waals surface area contributed by atoms with Crippen molar-refractivity contribution in [3.63, 3.8) is 0 Å². The van der Waals surface area contributed by atoms with E-state index in [4.69, 9.17) is 4.74 Å². The largest absolute Gasteiger partial charge is 0.491 e. The Bertz CT molecular complexity index is 481. The van der Waals surface area contributed by atoms with Gasteiger partial charge in [0.1, 0.15) is 12.4 Å². The predicted molar refractivity (Wildman–Crippen MR) is 66.1 cm³/mol. The summed E-state index contributed by atoms with van der Waals surface area (Å²) in [7, 11) is 0. The molecule has 0 aliphatic heterocycles. The van der Waals surface area contributed by atoms with Crippen molar-refractivity contribution in [2.75, 3.05) is 6.61 Å². The second kappa shape index (κ2) is 4.80. The standard InChI is InChI=1S/C12H15NO2S/c1-3-9(14)7-15-10-4-5-12-11(6-10)13-8(2)16-12/h4-6,9,14H,3,7H2,1-2H3/t9-/m1/s1. The number of aryl methyl sites for hydroxylation is 1. The van der Waals surface area contributed by atoms with Crippen LogP contribution < -0.4 is 4.74 Å². The molecule has 0 aliphatic carbocycles. The van der Waals surface area contributed by atoms with Crippen molar-refractivity contribution in [2.45, 2.75) is 26.4 Å². The first-order valence-electron chi connectivity index (χ1n) is 5.37. The highest BCUT2D eigenvalue weighted by Crippen LogP contribution is 2.25. The number of hydrogen-bond donors (Lipinski definition) is 1. The minimum atomic E-state index is -0.395. The molecule has 86 valence electrons. The molecule has 0 saturated heterocycles. The Balaban J connectivity index is 2.13. The number of benzene rings is 1. The van der Waals surface area contributed by atoms with Gasteiger partial charge in [0.15, 0.2) is 0 Å². The molecule has 0 radical (unpaired) electrons. The number of aliphatic hydroxyl groups excluding tert-OH is 1. The maximum absolute atomic E-state index is 9.40. The van der Waals surface area contributed by atoms with Crippen molar-refractivity contribution in [1.29, 1.82) is 0 Å². The lowest BCUT2D eigenvalue weighted by molar-refractivity contribution is 0.104. The van der Waals surface area contributed by atoms with Gasteiger partial charge in [-0.2, -0.15) is 0 Å². The van der Waals surface area contributed by atoms with E-state index in [-0.39, 0.29) is 0 Å². The van der Waals surface area contributed by atoms with E-state index in [0.717, 1.165) is 16.3 Å². The molecule has 1 atom stereocenters. The zero-order valence-electron chi connectivity index (χ0n) is 9.43. The summed E-state index contributed by atoms with van der Waals surface area (Å²) >= 11 is 1.67. The van der Waals surface area contributed by atoms with Crippen LogP contribution in [0.2, 0.25) is 0 Å². The highest BCUT2D eigenvalue weighted by molar-refractivity contribution is 7.18. The Labute approximate surface area is 98.7 Å². The molecule has 1 heterocycles. The van der Waals surface area contributed by atoms with Gasteiger partial charge in [0.05, 0.1) is 21.3 Å². The van der Waals surface area contributed by atoms with Gasteiger partial charge in [-0.1, -0.05) is 6.92 Å². The highest BCUT2D eigenvalue weighted by Gasteiger charge is 2.04. The summed E-state index contributed by atoms with van der Waals surface area (Å²) in [6.07, 6.45) is 0.311. The molecule has 2 aromatic rings. The van der Waals surface area contributed by atoms with Crippen LogP contribution in [0.25, 0.3) is 10.2 Å². The van der Waals surface area contributed by atoms with Crippen LogP contribution in [0.4, 0.5) is 0 Å². The van der Waals surface area contributed by atoms with Gasteiger partial charge in [0, 0.05) is 6.07 Å². The van der Waals surface area contributed by atoms with Crippen molar-refractivity contribution >= 4 is 21.6 Å². The number of aliphatic hydroxyl groups is 1. The molecular formula is C12H15NO2S. The van der Waals surface area contributed by atoms with Crippen molar-refractivity contribution < 1.29 is 9.84 Å². The van der Waals surface area contributed by atoms with Crippen LogP contribution in [0, 0.1) is 6.92 Å². The summed E-state index contributed by atoms with van der Waals surface area (Å²) < 4.78 is 6.66. The van der Waals surface area contributed by atoms with Gasteiger partial charge >= 0.3 is 0 Å². The van der Waals surface area contributed by atoms with E-state index in [1.165, 1.54) is 4.70 Å². The smallest absolute Gasteiger partial charge is 0.121 e. The summed E-state index contributed by atoms with van der Waals surface area (Å²) in [6, 6.07) is 5.84. The fraction of sp³-hybridized carbons (Fsp3) is 0.417. The zero-order chi connectivity index (χ0) is 11.5. The van der Waals surface area contributed by atoms with E-state index in [9.17, 15) is 5.11 Å². The van der Waals surface area contributed by atoms with Gasteiger partial charge in [0.2, 0.25) is 0 Å². The van der Waals surface area contributed by atoms with Crippen LogP contribution in [-0.4, -0.2) is 22.8 Å². The normalized spacial score (nSPS) is 12.9. The third-order valence-corrected chi connectivity index (χ3v) is 3.33. The van der Waals surface area contributed by atoms with Crippen molar-refractivity contribution in [1.82, 2.24) is 4.98 Å². The number of rotatable bonds is 4. The average Bonchev–Trinajstić information content (AvgIpc) is 2.65. The molecule has 3 nitrogen and oxygen atoms in total. The number of hydrogen-bond acceptors (Lipinski definition) is 4. The van der Waals surface area contributed by atoms with E-state index in [1.54, 1.807) is 11.3 Å². The number of thiazole rings is 1. The van der Waals surface area contributed by atoms with Gasteiger partial charge in [-0.15, -0.1) is 11.3 Å². The first-order valence-corrected chi connectivity index (χ1v) is 6.18. The summed E-state index contributed by atoms with van der Waals surface area (Å²) in [5, 5.41) is 10.5. The van der Waals surface area contributed by atoms with E-state index in [1.807, 2.05) is 32.0 Å². The molecule has 0 spiro atoms. The molecule has 0 unspecified atom stereocenters. The molecule has 0 bridgehead atoms. The van der Waals surface area contributed by atoms with Gasteiger partial charge in [-0.3, -0.25) is 0 Å². The topological polar surface area (TPSA) is 42.4 Å². The molecule has 16 heavy (non-hydrogen) atoms. The van der Waals surface area contributed by atoms with Crippen molar-refractivity contribution in [3.05, 3.63) is 23.2 Å². The molecule has 1 N–H and O–H groups in total. The van der Waals surface area contributed by atoms with E-state index < -0.39 is 6.10 Å². The summed E-state index contributed by atoms with van der Waals surface area (Å²) in [4.78, 5) is 4.40. The summed E-state index contributed by atoms with van der Waals surface area (Å²) in [5.41, 5.74) is 0.964. The molecule has 1 aromatic heterocycles. The molecule has 2 rings (SSSR count). The fourth-order valence-electron chi connectivity index (χ4n) is 1.42. The van der Waals surface area contributed by atoms with Gasteiger partial charge < -0.3 is 9.84 Å². The minimum absolute atomic E-state index is 0.338. The maximum Gasteiger partial charge on any atom is 0.121 e. The van der Waals surface area contributed by atoms with Crippen LogP contribution in [0.5, 0.6) is 5.75 Å². The first-order chi connectivity index (χ1) is 7.69. The lowest BCUT2D eigenvalue weighted by Gasteiger charge is -2.09. The molecule has 0 aliphatic rings. The van der Waals surface area contributed by atoms with Crippen LogP contribution >= 0.6 is 11.3 Å².